The number of hydrogen-bond acceptors (Lipinski definition) is 8. The van der Waals surface area contributed by atoms with Gasteiger partial charge in [-0.3, -0.25) is 24.2 Å². The fourth-order valence-electron chi connectivity index (χ4n) is 4.26. The standard InChI is InChI=1S/C25H28ClFN4O6S/c1-28-9-3-2-4-22(32)31(24(34)20-7-8-21(26)38-20)14-17-13-30(25(35)37-17)19-6-5-16(12-18(19)27)29-10-11-36-15-23(29)33/h5-8,12,17,28H,2-4,9-11,13-15H2,1H3/t17-/m1/s1. The van der Waals surface area contributed by atoms with Crippen molar-refractivity contribution in [3.8, 4) is 0 Å². The Balaban J connectivity index is 1.47. The van der Waals surface area contributed by atoms with E-state index in [2.05, 4.69) is 5.32 Å². The Morgan fingerprint density at radius 3 is 2.71 bits per heavy atom. The lowest BCUT2D eigenvalue weighted by atomic mass is 10.2. The lowest BCUT2D eigenvalue weighted by molar-refractivity contribution is -0.129. The van der Waals surface area contributed by atoms with Gasteiger partial charge in [0.2, 0.25) is 5.91 Å². The van der Waals surface area contributed by atoms with Gasteiger partial charge in [0, 0.05) is 18.7 Å². The molecule has 1 aromatic heterocycles. The fraction of sp³-hybridized carbons (Fsp3) is 0.440. The molecule has 204 valence electrons. The van der Waals surface area contributed by atoms with Crippen LogP contribution in [0.3, 0.4) is 0 Å². The topological polar surface area (TPSA) is 108 Å². The first-order valence-corrected chi connectivity index (χ1v) is 13.4. The predicted molar refractivity (Wildman–Crippen MR) is 140 cm³/mol. The van der Waals surface area contributed by atoms with Gasteiger partial charge in [-0.25, -0.2) is 9.18 Å². The summed E-state index contributed by atoms with van der Waals surface area (Å²) in [5, 5.41) is 3.01. The third-order valence-electron chi connectivity index (χ3n) is 6.18. The minimum absolute atomic E-state index is 0.0248. The van der Waals surface area contributed by atoms with Crippen molar-refractivity contribution in [3.05, 3.63) is 45.4 Å². The van der Waals surface area contributed by atoms with Gasteiger partial charge in [-0.05, 0) is 56.8 Å². The number of benzene rings is 1. The molecule has 2 aliphatic rings. The maximum absolute atomic E-state index is 15.1. The van der Waals surface area contributed by atoms with Gasteiger partial charge in [0.15, 0.2) is 0 Å². The van der Waals surface area contributed by atoms with Gasteiger partial charge in [-0.15, -0.1) is 11.3 Å². The zero-order chi connectivity index (χ0) is 27.2. The molecule has 4 amide bonds. The highest BCUT2D eigenvalue weighted by molar-refractivity contribution is 7.18. The number of ether oxygens (including phenoxy) is 2. The number of hydrogen-bond donors (Lipinski definition) is 1. The number of nitrogens with zero attached hydrogens (tertiary/aromatic N) is 3. The molecule has 2 saturated heterocycles. The summed E-state index contributed by atoms with van der Waals surface area (Å²) >= 11 is 7.04. The second kappa shape index (κ2) is 12.7. The van der Waals surface area contributed by atoms with Gasteiger partial charge in [0.25, 0.3) is 11.8 Å². The van der Waals surface area contributed by atoms with Crippen LogP contribution in [0.25, 0.3) is 0 Å². The molecule has 4 rings (SSSR count). The SMILES string of the molecule is CNCCCCC(=O)N(C[C@H]1CN(c2ccc(N3CCOCC3=O)cc2F)C(=O)O1)C(=O)c1ccc(Cl)s1. The van der Waals surface area contributed by atoms with Gasteiger partial charge in [0.1, 0.15) is 18.5 Å². The molecule has 0 unspecified atom stereocenters. The molecule has 3 heterocycles. The molecule has 0 spiro atoms. The third-order valence-corrected chi connectivity index (χ3v) is 7.40. The first kappa shape index (κ1) is 28.0. The number of amides is 4. The molecule has 2 fully saturated rings. The summed E-state index contributed by atoms with van der Waals surface area (Å²) in [7, 11) is 1.82. The van der Waals surface area contributed by atoms with Gasteiger partial charge >= 0.3 is 6.09 Å². The predicted octanol–water partition coefficient (Wildman–Crippen LogP) is 3.29. The number of nitrogens with one attached hydrogen (secondary N) is 1. The molecule has 2 aromatic rings. The van der Waals surface area contributed by atoms with E-state index in [1.54, 1.807) is 18.2 Å². The Morgan fingerprint density at radius 1 is 1.21 bits per heavy atom. The van der Waals surface area contributed by atoms with Crippen LogP contribution in [0, 0.1) is 5.82 Å². The second-order valence-corrected chi connectivity index (χ2v) is 10.5. The summed E-state index contributed by atoms with van der Waals surface area (Å²) < 4.78 is 26.0. The van der Waals surface area contributed by atoms with E-state index in [-0.39, 0.29) is 37.7 Å². The van der Waals surface area contributed by atoms with E-state index >= 15 is 4.39 Å². The van der Waals surface area contributed by atoms with Crippen LogP contribution in [0.1, 0.15) is 28.9 Å². The summed E-state index contributed by atoms with van der Waals surface area (Å²) in [6.07, 6.45) is -0.172. The quantitative estimate of drug-likeness (QED) is 0.440. The highest BCUT2D eigenvalue weighted by Crippen LogP contribution is 2.30. The molecule has 2 aliphatic heterocycles. The van der Waals surface area contributed by atoms with Crippen molar-refractivity contribution in [1.82, 2.24) is 10.2 Å². The molecule has 0 saturated carbocycles. The molecule has 0 aliphatic carbocycles. The van der Waals surface area contributed by atoms with Crippen LogP contribution >= 0.6 is 22.9 Å². The summed E-state index contributed by atoms with van der Waals surface area (Å²) in [5.41, 5.74) is 0.335. The lowest BCUT2D eigenvalue weighted by Gasteiger charge is -2.27. The van der Waals surface area contributed by atoms with Crippen LogP contribution in [-0.2, 0) is 19.1 Å². The minimum atomic E-state index is -0.858. The van der Waals surface area contributed by atoms with Gasteiger partial charge in [-0.2, -0.15) is 0 Å². The molecule has 0 bridgehead atoms. The number of carbonyl (C=O) groups is 4. The van der Waals surface area contributed by atoms with Crippen molar-refractivity contribution < 1.29 is 33.0 Å². The molecule has 0 radical (unpaired) electrons. The minimum Gasteiger partial charge on any atom is -0.442 e. The van der Waals surface area contributed by atoms with E-state index in [4.69, 9.17) is 21.1 Å². The molecule has 10 nitrogen and oxygen atoms in total. The lowest BCUT2D eigenvalue weighted by Crippen LogP contribution is -2.43. The Hall–Kier alpha value is -3.06. The van der Waals surface area contributed by atoms with Gasteiger partial charge in [0.05, 0.1) is 34.6 Å². The summed E-state index contributed by atoms with van der Waals surface area (Å²) in [4.78, 5) is 54.8. The van der Waals surface area contributed by atoms with Crippen LogP contribution in [-0.4, -0.2) is 81.3 Å². The molecule has 1 N–H and O–H groups in total. The highest BCUT2D eigenvalue weighted by Gasteiger charge is 2.37. The number of imide groups is 1. The number of carbonyl (C=O) groups excluding carboxylic acids is 4. The normalized spacial score (nSPS) is 17.6. The number of thiophene rings is 1. The van der Waals surface area contributed by atoms with Gasteiger partial charge < -0.3 is 19.7 Å². The van der Waals surface area contributed by atoms with Crippen LogP contribution in [0.5, 0.6) is 0 Å². The van der Waals surface area contributed by atoms with Crippen LogP contribution in [0.15, 0.2) is 30.3 Å². The van der Waals surface area contributed by atoms with E-state index in [9.17, 15) is 19.2 Å². The van der Waals surface area contributed by atoms with Crippen LogP contribution in [0.2, 0.25) is 4.34 Å². The molecular formula is C25H28ClFN4O6S. The Labute approximate surface area is 228 Å². The maximum Gasteiger partial charge on any atom is 0.414 e. The molecule has 13 heteroatoms. The smallest absolute Gasteiger partial charge is 0.414 e. The average molecular weight is 567 g/mol. The Bertz CT molecular complexity index is 1210. The summed E-state index contributed by atoms with van der Waals surface area (Å²) in [5.74, 6) is -1.91. The fourth-order valence-corrected chi connectivity index (χ4v) is 5.26. The van der Waals surface area contributed by atoms with E-state index in [0.29, 0.717) is 34.5 Å². The number of halogens is 2. The first-order chi connectivity index (χ1) is 18.3. The molecule has 1 atom stereocenters. The zero-order valence-electron chi connectivity index (χ0n) is 20.8. The Kier molecular flexibility index (Phi) is 9.31. The summed E-state index contributed by atoms with van der Waals surface area (Å²) in [6, 6.07) is 7.25. The molecular weight excluding hydrogens is 539 g/mol. The van der Waals surface area contributed by atoms with Crippen molar-refractivity contribution >= 4 is 58.1 Å². The molecule has 38 heavy (non-hydrogen) atoms. The maximum atomic E-state index is 15.1. The monoisotopic (exact) mass is 566 g/mol. The molecule has 1 aromatic carbocycles. The van der Waals surface area contributed by atoms with E-state index in [1.807, 2.05) is 7.05 Å². The van der Waals surface area contributed by atoms with Crippen molar-refractivity contribution in [1.29, 1.82) is 0 Å². The number of morpholine rings is 1. The third kappa shape index (κ3) is 6.49. The van der Waals surface area contributed by atoms with Crippen LogP contribution < -0.4 is 15.1 Å². The Morgan fingerprint density at radius 2 is 2.03 bits per heavy atom. The first-order valence-electron chi connectivity index (χ1n) is 12.2. The second-order valence-electron chi connectivity index (χ2n) is 8.82. The van der Waals surface area contributed by atoms with E-state index in [1.165, 1.54) is 17.0 Å². The van der Waals surface area contributed by atoms with Crippen molar-refractivity contribution in [2.24, 2.45) is 0 Å². The summed E-state index contributed by atoms with van der Waals surface area (Å²) in [6.45, 7) is 1.06. The van der Waals surface area contributed by atoms with Crippen molar-refractivity contribution in [3.63, 3.8) is 0 Å². The number of unbranched alkanes of at least 4 members (excludes halogenated alkanes) is 1. The van der Waals surface area contributed by atoms with E-state index < -0.39 is 29.8 Å². The van der Waals surface area contributed by atoms with E-state index in [0.717, 1.165) is 34.1 Å². The highest BCUT2D eigenvalue weighted by atomic mass is 35.5. The van der Waals surface area contributed by atoms with Crippen molar-refractivity contribution in [2.45, 2.75) is 25.4 Å². The zero-order valence-corrected chi connectivity index (χ0v) is 22.4. The number of anilines is 2. The average Bonchev–Trinajstić information content (AvgIpc) is 3.50. The van der Waals surface area contributed by atoms with Crippen LogP contribution in [0.4, 0.5) is 20.6 Å². The number of rotatable bonds is 10. The largest absolute Gasteiger partial charge is 0.442 e. The number of cyclic esters (lactones) is 1. The van der Waals surface area contributed by atoms with Gasteiger partial charge in [-0.1, -0.05) is 11.6 Å². The van der Waals surface area contributed by atoms with Crippen molar-refractivity contribution in [2.75, 3.05) is 56.2 Å².